The Bertz CT molecular complexity index is 932. The van der Waals surface area contributed by atoms with Crippen LogP contribution in [0.4, 0.5) is 5.69 Å². The molecule has 0 aliphatic heterocycles. The maximum atomic E-state index is 11.5. The minimum atomic E-state index is -0.451. The summed E-state index contributed by atoms with van der Waals surface area (Å²) in [4.78, 5) is 26.8. The van der Waals surface area contributed by atoms with Crippen LogP contribution in [-0.2, 0) is 16.0 Å². The molecule has 0 aromatic heterocycles. The Kier molecular flexibility index (Phi) is 10.5. The van der Waals surface area contributed by atoms with Crippen molar-refractivity contribution in [2.24, 2.45) is 5.73 Å². The minimum absolute atomic E-state index is 0.158. The summed E-state index contributed by atoms with van der Waals surface area (Å²) in [5.74, 6) is 0.458. The summed E-state index contributed by atoms with van der Waals surface area (Å²) in [6, 6.07) is 15.3. The SMILES string of the molecule is COc1ccc(-c2ccc(CC(C#N)NSNNC(=O)CCCN)cc2)cc1N(C)C=O. The first-order chi connectivity index (χ1) is 15.5. The average molecular weight is 457 g/mol. The van der Waals surface area contributed by atoms with Gasteiger partial charge in [-0.1, -0.05) is 30.3 Å². The molecule has 2 aromatic rings. The third-order valence-corrected chi connectivity index (χ3v) is 5.26. The number of hydrazine groups is 1. The van der Waals surface area contributed by atoms with Gasteiger partial charge in [0, 0.05) is 32.0 Å². The van der Waals surface area contributed by atoms with Gasteiger partial charge in [-0.15, -0.1) is 0 Å². The molecule has 0 spiro atoms. The van der Waals surface area contributed by atoms with Crippen LogP contribution in [0.5, 0.6) is 5.75 Å². The largest absolute Gasteiger partial charge is 0.495 e. The van der Waals surface area contributed by atoms with Gasteiger partial charge in [-0.2, -0.15) is 10.1 Å². The van der Waals surface area contributed by atoms with Gasteiger partial charge >= 0.3 is 0 Å². The predicted octanol–water partition coefficient (Wildman–Crippen LogP) is 1.90. The molecule has 170 valence electrons. The number of nitriles is 1. The normalized spacial score (nSPS) is 11.3. The first-order valence-corrected chi connectivity index (χ1v) is 10.8. The topological polar surface area (TPSA) is 133 Å². The maximum Gasteiger partial charge on any atom is 0.234 e. The smallest absolute Gasteiger partial charge is 0.234 e. The number of nitrogens with two attached hydrogens (primary N) is 1. The third-order valence-electron chi connectivity index (χ3n) is 4.65. The summed E-state index contributed by atoms with van der Waals surface area (Å²) >= 11 is 1.05. The zero-order valence-corrected chi connectivity index (χ0v) is 18.9. The number of benzene rings is 2. The Morgan fingerprint density at radius 2 is 2.00 bits per heavy atom. The Hall–Kier alpha value is -3.10. The molecule has 0 saturated heterocycles. The quantitative estimate of drug-likeness (QED) is 0.155. The van der Waals surface area contributed by atoms with Gasteiger partial charge in [-0.25, -0.2) is 4.72 Å². The number of amides is 2. The lowest BCUT2D eigenvalue weighted by atomic mass is 10.0. The van der Waals surface area contributed by atoms with Crippen LogP contribution in [0.1, 0.15) is 18.4 Å². The second-order valence-corrected chi connectivity index (χ2v) is 7.59. The monoisotopic (exact) mass is 456 g/mol. The van der Waals surface area contributed by atoms with Crippen molar-refractivity contribution in [3.05, 3.63) is 48.0 Å². The molecule has 0 bridgehead atoms. The van der Waals surface area contributed by atoms with Crippen LogP contribution in [0.15, 0.2) is 42.5 Å². The van der Waals surface area contributed by atoms with E-state index in [0.717, 1.165) is 35.2 Å². The van der Waals surface area contributed by atoms with E-state index in [1.807, 2.05) is 42.5 Å². The molecule has 5 N–H and O–H groups in total. The van der Waals surface area contributed by atoms with Crippen molar-refractivity contribution in [3.63, 3.8) is 0 Å². The van der Waals surface area contributed by atoms with Gasteiger partial charge in [-0.05, 0) is 41.8 Å². The molecule has 1 unspecified atom stereocenters. The number of hydrogen-bond acceptors (Lipinski definition) is 8. The number of anilines is 1. The number of nitrogens with zero attached hydrogens (tertiary/aromatic N) is 2. The van der Waals surface area contributed by atoms with Crippen molar-refractivity contribution in [1.82, 2.24) is 15.0 Å². The summed E-state index contributed by atoms with van der Waals surface area (Å²) in [5.41, 5.74) is 11.5. The zero-order valence-electron chi connectivity index (χ0n) is 18.1. The molecule has 0 aliphatic carbocycles. The fourth-order valence-electron chi connectivity index (χ4n) is 2.89. The molecule has 0 radical (unpaired) electrons. The van der Waals surface area contributed by atoms with Crippen LogP contribution >= 0.6 is 12.1 Å². The van der Waals surface area contributed by atoms with E-state index in [4.69, 9.17) is 10.5 Å². The van der Waals surface area contributed by atoms with Gasteiger partial charge in [-0.3, -0.25) is 15.0 Å². The summed E-state index contributed by atoms with van der Waals surface area (Å²) in [6.45, 7) is 0.462. The van der Waals surface area contributed by atoms with Crippen molar-refractivity contribution in [2.45, 2.75) is 25.3 Å². The highest BCUT2D eigenvalue weighted by molar-refractivity contribution is 7.95. The molecule has 0 fully saturated rings. The number of carbonyl (C=O) groups excluding carboxylic acids is 2. The lowest BCUT2D eigenvalue weighted by molar-refractivity contribution is -0.121. The van der Waals surface area contributed by atoms with Gasteiger partial charge in [0.25, 0.3) is 0 Å². The molecule has 9 nitrogen and oxygen atoms in total. The molecule has 10 heteroatoms. The number of hydrogen-bond donors (Lipinski definition) is 4. The minimum Gasteiger partial charge on any atom is -0.495 e. The zero-order chi connectivity index (χ0) is 23.3. The van der Waals surface area contributed by atoms with Gasteiger partial charge in [0.15, 0.2) is 0 Å². The number of methoxy groups -OCH3 is 1. The lowest BCUT2D eigenvalue weighted by Crippen LogP contribution is -2.37. The van der Waals surface area contributed by atoms with Crippen molar-refractivity contribution in [1.29, 1.82) is 5.26 Å². The third kappa shape index (κ3) is 7.55. The van der Waals surface area contributed by atoms with Crippen LogP contribution in [0.2, 0.25) is 0 Å². The van der Waals surface area contributed by atoms with E-state index in [9.17, 15) is 14.9 Å². The van der Waals surface area contributed by atoms with E-state index < -0.39 is 6.04 Å². The second-order valence-electron chi connectivity index (χ2n) is 6.95. The molecule has 0 aliphatic rings. The summed E-state index contributed by atoms with van der Waals surface area (Å²) in [5, 5.41) is 9.40. The second kappa shape index (κ2) is 13.3. The first-order valence-electron chi connectivity index (χ1n) is 10.0. The molecule has 1 atom stereocenters. The fourth-order valence-corrected chi connectivity index (χ4v) is 3.39. The summed E-state index contributed by atoms with van der Waals surface area (Å²) < 4.78 is 8.30. The Morgan fingerprint density at radius 3 is 2.62 bits per heavy atom. The van der Waals surface area contributed by atoms with Crippen molar-refractivity contribution in [3.8, 4) is 22.9 Å². The van der Waals surface area contributed by atoms with Crippen LogP contribution < -0.4 is 30.3 Å². The van der Waals surface area contributed by atoms with E-state index in [-0.39, 0.29) is 5.91 Å². The number of rotatable bonds is 13. The Labute approximate surface area is 192 Å². The van der Waals surface area contributed by atoms with Gasteiger partial charge in [0.05, 0.1) is 18.9 Å². The number of ether oxygens (including phenoxy) is 1. The van der Waals surface area contributed by atoms with Crippen LogP contribution in [0.25, 0.3) is 11.1 Å². The molecule has 32 heavy (non-hydrogen) atoms. The highest BCUT2D eigenvalue weighted by Gasteiger charge is 2.11. The summed E-state index contributed by atoms with van der Waals surface area (Å²) in [6.07, 6.45) is 2.19. The van der Waals surface area contributed by atoms with E-state index in [2.05, 4.69) is 21.0 Å². The van der Waals surface area contributed by atoms with Gasteiger partial charge in [0.1, 0.15) is 11.8 Å². The van der Waals surface area contributed by atoms with E-state index >= 15 is 0 Å². The highest BCUT2D eigenvalue weighted by Crippen LogP contribution is 2.32. The maximum absolute atomic E-state index is 11.5. The van der Waals surface area contributed by atoms with Gasteiger partial charge < -0.3 is 15.4 Å². The fraction of sp³-hybridized carbons (Fsp3) is 0.318. The average Bonchev–Trinajstić information content (AvgIpc) is 2.84. The first kappa shape index (κ1) is 25.2. The van der Waals surface area contributed by atoms with E-state index in [1.54, 1.807) is 14.2 Å². The predicted molar refractivity (Wildman–Crippen MR) is 126 cm³/mol. The molecule has 0 heterocycles. The molecule has 2 rings (SSSR count). The van der Waals surface area contributed by atoms with Crippen molar-refractivity contribution >= 4 is 30.1 Å². The highest BCUT2D eigenvalue weighted by atomic mass is 32.2. The van der Waals surface area contributed by atoms with Crippen LogP contribution in [0.3, 0.4) is 0 Å². The molecular weight excluding hydrogens is 428 g/mol. The molecule has 0 saturated carbocycles. The molecule has 2 aromatic carbocycles. The molecular formula is C22H28N6O3S. The van der Waals surface area contributed by atoms with Crippen LogP contribution in [-0.4, -0.2) is 39.1 Å². The Morgan fingerprint density at radius 1 is 1.28 bits per heavy atom. The lowest BCUT2D eigenvalue weighted by Gasteiger charge is -2.17. The van der Waals surface area contributed by atoms with E-state index in [1.165, 1.54) is 4.90 Å². The standard InChI is InChI=1S/C22H28N6O3S/c1-28(15-29)20-13-18(9-10-21(20)31-2)17-7-5-16(6-8-17)12-19(14-24)26-32-27-25-22(30)4-3-11-23/h5-10,13,15,19,26-27H,3-4,11-12,23H2,1-2H3,(H,25,30). The van der Waals surface area contributed by atoms with Gasteiger partial charge in [0.2, 0.25) is 12.3 Å². The number of carbonyl (C=O) groups is 2. The molecule has 2 amide bonds. The summed E-state index contributed by atoms with van der Waals surface area (Å²) in [7, 11) is 3.24. The van der Waals surface area contributed by atoms with Crippen LogP contribution in [0, 0.1) is 11.3 Å². The number of nitrogens with one attached hydrogen (secondary N) is 3. The van der Waals surface area contributed by atoms with Crippen molar-refractivity contribution in [2.75, 3.05) is 25.6 Å². The van der Waals surface area contributed by atoms with Crippen molar-refractivity contribution < 1.29 is 14.3 Å². The Balaban J connectivity index is 1.95. The van der Waals surface area contributed by atoms with E-state index in [0.29, 0.717) is 37.2 Å².